The van der Waals surface area contributed by atoms with E-state index in [-0.39, 0.29) is 23.3 Å². The lowest BCUT2D eigenvalue weighted by molar-refractivity contribution is 0.0632. The molecule has 2 rings (SSSR count). The zero-order valence-corrected chi connectivity index (χ0v) is 16.7. The van der Waals surface area contributed by atoms with Crippen molar-refractivity contribution in [2.75, 3.05) is 10.6 Å². The number of aromatic nitrogens is 4. The van der Waals surface area contributed by atoms with E-state index in [2.05, 4.69) is 20.6 Å². The van der Waals surface area contributed by atoms with Gasteiger partial charge >= 0.3 is 12.1 Å². The van der Waals surface area contributed by atoms with E-state index in [1.165, 1.54) is 15.3 Å². The highest BCUT2D eigenvalue weighted by atomic mass is 16.6. The minimum absolute atomic E-state index is 0.00985. The lowest BCUT2D eigenvalue weighted by Gasteiger charge is -2.18. The normalized spacial score (nSPS) is 11.2. The SMILES string of the molecule is CCc1c(NC(=O)c2nc(NC(=O)OC(C)(C)C)cn2C)nc(C(=O)O)n1C. The average Bonchev–Trinajstić information content (AvgIpc) is 3.05. The summed E-state index contributed by atoms with van der Waals surface area (Å²) in [5.74, 6) is -1.67. The lowest BCUT2D eigenvalue weighted by Crippen LogP contribution is -2.27. The molecule has 0 aliphatic heterocycles. The third-order valence-electron chi connectivity index (χ3n) is 3.68. The number of aromatic carboxylic acids is 1. The summed E-state index contributed by atoms with van der Waals surface area (Å²) in [5, 5.41) is 14.2. The molecule has 0 radical (unpaired) electrons. The first-order valence-corrected chi connectivity index (χ1v) is 8.56. The van der Waals surface area contributed by atoms with Gasteiger partial charge in [0, 0.05) is 20.3 Å². The summed E-state index contributed by atoms with van der Waals surface area (Å²) in [6.45, 7) is 7.01. The number of hydrogen-bond acceptors (Lipinski definition) is 6. The second kappa shape index (κ2) is 7.71. The molecule has 0 unspecified atom stereocenters. The molecule has 0 atom stereocenters. The molecule has 0 aliphatic rings. The second-order valence-corrected chi connectivity index (χ2v) is 7.09. The van der Waals surface area contributed by atoms with Gasteiger partial charge in [-0.05, 0) is 27.2 Å². The molecule has 11 nitrogen and oxygen atoms in total. The Labute approximate surface area is 161 Å². The molecular formula is C17H24N6O5. The number of nitrogens with one attached hydrogen (secondary N) is 2. The predicted molar refractivity (Wildman–Crippen MR) is 101 cm³/mol. The highest BCUT2D eigenvalue weighted by molar-refractivity contribution is 6.02. The van der Waals surface area contributed by atoms with Crippen molar-refractivity contribution in [3.8, 4) is 0 Å². The highest BCUT2D eigenvalue weighted by Crippen LogP contribution is 2.18. The van der Waals surface area contributed by atoms with Gasteiger partial charge in [-0.2, -0.15) is 0 Å². The summed E-state index contributed by atoms with van der Waals surface area (Å²) in [7, 11) is 3.15. The first kappa shape index (κ1) is 20.9. The molecule has 0 saturated heterocycles. The Morgan fingerprint density at radius 3 is 2.32 bits per heavy atom. The van der Waals surface area contributed by atoms with Crippen molar-refractivity contribution in [3.05, 3.63) is 23.5 Å². The molecule has 3 N–H and O–H groups in total. The molecular weight excluding hydrogens is 368 g/mol. The van der Waals surface area contributed by atoms with Crippen LogP contribution >= 0.6 is 0 Å². The van der Waals surface area contributed by atoms with Gasteiger partial charge in [0.25, 0.3) is 5.91 Å². The number of amides is 2. The standard InChI is InChI=1S/C17H24N6O5/c1-7-9-11(20-13(15(25)26)23(9)6)21-14(24)12-18-10(8-22(12)5)19-16(27)28-17(2,3)4/h8H,7H2,1-6H3,(H,19,27)(H,21,24)(H,25,26). The monoisotopic (exact) mass is 392 g/mol. The molecule has 0 spiro atoms. The van der Waals surface area contributed by atoms with Gasteiger partial charge < -0.3 is 24.3 Å². The van der Waals surface area contributed by atoms with E-state index >= 15 is 0 Å². The fourth-order valence-electron chi connectivity index (χ4n) is 2.54. The quantitative estimate of drug-likeness (QED) is 0.707. The molecule has 0 saturated carbocycles. The molecule has 0 bridgehead atoms. The van der Waals surface area contributed by atoms with Crippen LogP contribution in [0, 0.1) is 0 Å². The molecule has 2 heterocycles. The summed E-state index contributed by atoms with van der Waals surface area (Å²) in [6.07, 6.45) is 1.24. The topological polar surface area (TPSA) is 140 Å². The number of carboxylic acids is 1. The summed E-state index contributed by atoms with van der Waals surface area (Å²) >= 11 is 0. The Morgan fingerprint density at radius 1 is 1.14 bits per heavy atom. The highest BCUT2D eigenvalue weighted by Gasteiger charge is 2.23. The van der Waals surface area contributed by atoms with Crippen molar-refractivity contribution >= 4 is 29.6 Å². The second-order valence-electron chi connectivity index (χ2n) is 7.09. The Balaban J connectivity index is 2.20. The third-order valence-corrected chi connectivity index (χ3v) is 3.68. The van der Waals surface area contributed by atoms with Crippen LogP contribution in [-0.4, -0.2) is 47.8 Å². The zero-order chi connectivity index (χ0) is 21.2. The van der Waals surface area contributed by atoms with Gasteiger partial charge in [-0.1, -0.05) is 6.92 Å². The van der Waals surface area contributed by atoms with Crippen LogP contribution in [0.4, 0.5) is 16.4 Å². The molecule has 0 aliphatic carbocycles. The van der Waals surface area contributed by atoms with Gasteiger partial charge in [0.2, 0.25) is 11.6 Å². The number of aryl methyl sites for hydroxylation is 1. The molecule has 152 valence electrons. The minimum Gasteiger partial charge on any atom is -0.475 e. The van der Waals surface area contributed by atoms with E-state index in [4.69, 9.17) is 4.74 Å². The first-order valence-electron chi connectivity index (χ1n) is 8.56. The number of imidazole rings is 2. The first-order chi connectivity index (χ1) is 12.9. The number of nitrogens with zero attached hydrogens (tertiary/aromatic N) is 4. The van der Waals surface area contributed by atoms with Crippen molar-refractivity contribution < 1.29 is 24.2 Å². The fourth-order valence-corrected chi connectivity index (χ4v) is 2.54. The van der Waals surface area contributed by atoms with Crippen molar-refractivity contribution in [1.82, 2.24) is 19.1 Å². The van der Waals surface area contributed by atoms with E-state index in [1.807, 2.05) is 6.92 Å². The van der Waals surface area contributed by atoms with E-state index in [0.717, 1.165) is 0 Å². The van der Waals surface area contributed by atoms with Gasteiger partial charge in [0.05, 0.1) is 5.69 Å². The van der Waals surface area contributed by atoms with Crippen LogP contribution in [0.1, 0.15) is 54.6 Å². The van der Waals surface area contributed by atoms with Crippen LogP contribution in [0.25, 0.3) is 0 Å². The van der Waals surface area contributed by atoms with Crippen molar-refractivity contribution in [2.45, 2.75) is 39.7 Å². The summed E-state index contributed by atoms with van der Waals surface area (Å²) in [4.78, 5) is 43.7. The van der Waals surface area contributed by atoms with Crippen LogP contribution in [0.15, 0.2) is 6.20 Å². The number of hydrogen-bond donors (Lipinski definition) is 3. The molecule has 2 amide bonds. The molecule has 2 aromatic rings. The van der Waals surface area contributed by atoms with Crippen molar-refractivity contribution in [2.24, 2.45) is 14.1 Å². The lowest BCUT2D eigenvalue weighted by atomic mass is 10.2. The number of anilines is 2. The van der Waals surface area contributed by atoms with E-state index in [1.54, 1.807) is 34.9 Å². The average molecular weight is 392 g/mol. The Bertz CT molecular complexity index is 921. The van der Waals surface area contributed by atoms with E-state index in [0.29, 0.717) is 12.1 Å². The van der Waals surface area contributed by atoms with Gasteiger partial charge in [-0.3, -0.25) is 10.1 Å². The zero-order valence-electron chi connectivity index (χ0n) is 16.7. The maximum atomic E-state index is 12.6. The molecule has 28 heavy (non-hydrogen) atoms. The summed E-state index contributed by atoms with van der Waals surface area (Å²) in [5.41, 5.74) is -0.108. The minimum atomic E-state index is -1.20. The van der Waals surface area contributed by atoms with Gasteiger partial charge in [0.1, 0.15) is 5.60 Å². The largest absolute Gasteiger partial charge is 0.475 e. The van der Waals surface area contributed by atoms with Crippen LogP contribution in [0.2, 0.25) is 0 Å². The van der Waals surface area contributed by atoms with Crippen LogP contribution in [0.5, 0.6) is 0 Å². The smallest absolute Gasteiger partial charge is 0.413 e. The molecule has 11 heteroatoms. The Hall–Kier alpha value is -3.37. The molecule has 2 aromatic heterocycles. The molecule has 0 aromatic carbocycles. The summed E-state index contributed by atoms with van der Waals surface area (Å²) < 4.78 is 7.98. The third kappa shape index (κ3) is 4.67. The number of ether oxygens (including phenoxy) is 1. The van der Waals surface area contributed by atoms with E-state index < -0.39 is 23.6 Å². The Morgan fingerprint density at radius 2 is 1.79 bits per heavy atom. The maximum absolute atomic E-state index is 12.6. The number of carbonyl (C=O) groups excluding carboxylic acids is 2. The fraction of sp³-hybridized carbons (Fsp3) is 0.471. The maximum Gasteiger partial charge on any atom is 0.413 e. The number of carbonyl (C=O) groups is 3. The van der Waals surface area contributed by atoms with Crippen LogP contribution < -0.4 is 10.6 Å². The van der Waals surface area contributed by atoms with E-state index in [9.17, 15) is 19.5 Å². The number of carboxylic acid groups (broad SMARTS) is 1. The van der Waals surface area contributed by atoms with Crippen LogP contribution in [-0.2, 0) is 25.3 Å². The van der Waals surface area contributed by atoms with Crippen LogP contribution in [0.3, 0.4) is 0 Å². The van der Waals surface area contributed by atoms with Gasteiger partial charge in [-0.25, -0.2) is 19.6 Å². The Kier molecular flexibility index (Phi) is 5.76. The van der Waals surface area contributed by atoms with Crippen molar-refractivity contribution in [1.29, 1.82) is 0 Å². The van der Waals surface area contributed by atoms with Gasteiger partial charge in [0.15, 0.2) is 11.6 Å². The predicted octanol–water partition coefficient (Wildman–Crippen LogP) is 2.01. The number of rotatable bonds is 5. The summed E-state index contributed by atoms with van der Waals surface area (Å²) in [6, 6.07) is 0. The molecule has 0 fully saturated rings. The van der Waals surface area contributed by atoms with Crippen molar-refractivity contribution in [3.63, 3.8) is 0 Å². The van der Waals surface area contributed by atoms with Gasteiger partial charge in [-0.15, -0.1) is 0 Å².